The van der Waals surface area contributed by atoms with Crippen LogP contribution in [0.15, 0.2) is 0 Å². The van der Waals surface area contributed by atoms with Gasteiger partial charge < -0.3 is 10.0 Å². The van der Waals surface area contributed by atoms with Crippen molar-refractivity contribution in [3.05, 3.63) is 0 Å². The third kappa shape index (κ3) is 7.54. The molecule has 0 aliphatic heterocycles. The Morgan fingerprint density at radius 2 is 1.92 bits per heavy atom. The van der Waals surface area contributed by atoms with Crippen LogP contribution in [0.3, 0.4) is 0 Å². The minimum absolute atomic E-state index is 0.0170. The molecule has 0 spiro atoms. The van der Waals surface area contributed by atoms with Crippen LogP contribution in [0.1, 0.15) is 34.6 Å². The van der Waals surface area contributed by atoms with E-state index < -0.39 is 6.10 Å². The molecule has 0 saturated heterocycles. The summed E-state index contributed by atoms with van der Waals surface area (Å²) in [7, 11) is 0. The van der Waals surface area contributed by atoms with E-state index in [0.29, 0.717) is 13.1 Å². The number of nitrogens with zero attached hydrogens (tertiary/aromatic N) is 1. The fourth-order valence-electron chi connectivity index (χ4n) is 0.799. The lowest BCUT2D eigenvalue weighted by Crippen LogP contribution is -2.34. The molecule has 74 valence electrons. The van der Waals surface area contributed by atoms with E-state index >= 15 is 0 Å². The summed E-state index contributed by atoms with van der Waals surface area (Å²) < 4.78 is 0. The topological polar surface area (TPSA) is 40.5 Å². The summed E-state index contributed by atoms with van der Waals surface area (Å²) in [6, 6.07) is 0. The van der Waals surface area contributed by atoms with E-state index in [4.69, 9.17) is 5.11 Å². The zero-order valence-electron chi connectivity index (χ0n) is 8.79. The average Bonchev–Trinajstić information content (AvgIpc) is 2.03. The molecule has 1 unspecified atom stereocenters. The SMILES string of the molecule is CC.CCN(CC(C)O)C(C)=O. The predicted molar refractivity (Wildman–Crippen MR) is 51.0 cm³/mol. The molecule has 0 saturated carbocycles. The first-order chi connectivity index (χ1) is 5.57. The molecular formula is C9H21NO2. The van der Waals surface area contributed by atoms with E-state index in [1.165, 1.54) is 6.92 Å². The van der Waals surface area contributed by atoms with Crippen molar-refractivity contribution in [1.29, 1.82) is 0 Å². The minimum atomic E-state index is -0.427. The summed E-state index contributed by atoms with van der Waals surface area (Å²) >= 11 is 0. The Bertz CT molecular complexity index is 113. The third-order valence-corrected chi connectivity index (χ3v) is 1.31. The van der Waals surface area contributed by atoms with Gasteiger partial charge in [0.1, 0.15) is 0 Å². The van der Waals surface area contributed by atoms with Crippen molar-refractivity contribution in [3.8, 4) is 0 Å². The molecule has 0 radical (unpaired) electrons. The van der Waals surface area contributed by atoms with Gasteiger partial charge in [-0.15, -0.1) is 0 Å². The van der Waals surface area contributed by atoms with E-state index in [9.17, 15) is 4.79 Å². The normalized spacial score (nSPS) is 11.2. The zero-order chi connectivity index (χ0) is 10.1. The molecule has 0 aromatic carbocycles. The molecular weight excluding hydrogens is 154 g/mol. The van der Waals surface area contributed by atoms with Gasteiger partial charge in [-0.2, -0.15) is 0 Å². The first-order valence-corrected chi connectivity index (χ1v) is 4.51. The Hall–Kier alpha value is -0.570. The lowest BCUT2D eigenvalue weighted by Gasteiger charge is -2.19. The molecule has 12 heavy (non-hydrogen) atoms. The smallest absolute Gasteiger partial charge is 0.219 e. The molecule has 3 nitrogen and oxygen atoms in total. The van der Waals surface area contributed by atoms with Gasteiger partial charge in [0.15, 0.2) is 0 Å². The fraction of sp³-hybridized carbons (Fsp3) is 0.889. The van der Waals surface area contributed by atoms with Crippen molar-refractivity contribution in [2.24, 2.45) is 0 Å². The second-order valence-electron chi connectivity index (χ2n) is 2.41. The standard InChI is InChI=1S/C7H15NO2.C2H6/c1-4-8(7(3)10)5-6(2)9;1-2/h6,9H,4-5H2,1-3H3;1-2H3. The van der Waals surface area contributed by atoms with Crippen LogP contribution < -0.4 is 0 Å². The molecule has 1 N–H and O–H groups in total. The maximum absolute atomic E-state index is 10.7. The largest absolute Gasteiger partial charge is 0.392 e. The van der Waals surface area contributed by atoms with Gasteiger partial charge in [0, 0.05) is 20.0 Å². The first-order valence-electron chi connectivity index (χ1n) is 4.51. The van der Waals surface area contributed by atoms with Gasteiger partial charge in [-0.25, -0.2) is 0 Å². The lowest BCUT2D eigenvalue weighted by molar-refractivity contribution is -0.129. The number of amides is 1. The van der Waals surface area contributed by atoms with Gasteiger partial charge in [-0.1, -0.05) is 13.8 Å². The third-order valence-electron chi connectivity index (χ3n) is 1.31. The monoisotopic (exact) mass is 175 g/mol. The quantitative estimate of drug-likeness (QED) is 0.701. The van der Waals surface area contributed by atoms with Crippen LogP contribution in [0, 0.1) is 0 Å². The Kier molecular flexibility index (Phi) is 9.93. The maximum atomic E-state index is 10.7. The van der Waals surface area contributed by atoms with Gasteiger partial charge in [-0.05, 0) is 13.8 Å². The van der Waals surface area contributed by atoms with Gasteiger partial charge in [0.25, 0.3) is 0 Å². The molecule has 0 rings (SSSR count). The summed E-state index contributed by atoms with van der Waals surface area (Å²) in [4.78, 5) is 12.3. The Morgan fingerprint density at radius 1 is 1.50 bits per heavy atom. The molecule has 0 fully saturated rings. The second kappa shape index (κ2) is 8.53. The van der Waals surface area contributed by atoms with Gasteiger partial charge >= 0.3 is 0 Å². The van der Waals surface area contributed by atoms with Gasteiger partial charge in [0.2, 0.25) is 5.91 Å². The highest BCUT2D eigenvalue weighted by Gasteiger charge is 2.07. The van der Waals surface area contributed by atoms with E-state index in [-0.39, 0.29) is 5.91 Å². The van der Waals surface area contributed by atoms with Crippen molar-refractivity contribution in [1.82, 2.24) is 4.90 Å². The number of carbonyl (C=O) groups is 1. The highest BCUT2D eigenvalue weighted by atomic mass is 16.3. The van der Waals surface area contributed by atoms with Gasteiger partial charge in [-0.3, -0.25) is 4.79 Å². The molecule has 0 aromatic rings. The molecule has 1 amide bonds. The van der Waals surface area contributed by atoms with E-state index in [1.54, 1.807) is 11.8 Å². The molecule has 0 heterocycles. The Morgan fingerprint density at radius 3 is 2.00 bits per heavy atom. The van der Waals surface area contributed by atoms with Crippen LogP contribution in [-0.4, -0.2) is 35.1 Å². The number of aliphatic hydroxyl groups is 1. The van der Waals surface area contributed by atoms with Crippen LogP contribution >= 0.6 is 0 Å². The number of likely N-dealkylation sites (N-methyl/N-ethyl adjacent to an activating group) is 1. The van der Waals surface area contributed by atoms with E-state index in [0.717, 1.165) is 0 Å². The van der Waals surface area contributed by atoms with E-state index in [2.05, 4.69) is 0 Å². The van der Waals surface area contributed by atoms with Crippen molar-refractivity contribution in [2.45, 2.75) is 40.7 Å². The lowest BCUT2D eigenvalue weighted by atomic mass is 10.3. The van der Waals surface area contributed by atoms with Crippen molar-refractivity contribution >= 4 is 5.91 Å². The summed E-state index contributed by atoms with van der Waals surface area (Å²) in [6.45, 7) is 10.2. The number of carbonyl (C=O) groups excluding carboxylic acids is 1. The Labute approximate surface area is 75.4 Å². The maximum Gasteiger partial charge on any atom is 0.219 e. The highest BCUT2D eigenvalue weighted by molar-refractivity contribution is 5.73. The minimum Gasteiger partial charge on any atom is -0.392 e. The zero-order valence-corrected chi connectivity index (χ0v) is 8.79. The van der Waals surface area contributed by atoms with Crippen LogP contribution in [-0.2, 0) is 4.79 Å². The van der Waals surface area contributed by atoms with Crippen LogP contribution in [0.5, 0.6) is 0 Å². The van der Waals surface area contributed by atoms with Crippen LogP contribution in [0.25, 0.3) is 0 Å². The number of hydrogen-bond donors (Lipinski definition) is 1. The summed E-state index contributed by atoms with van der Waals surface area (Å²) in [5.74, 6) is 0.0170. The number of hydrogen-bond acceptors (Lipinski definition) is 2. The summed E-state index contributed by atoms with van der Waals surface area (Å²) in [6.07, 6.45) is -0.427. The number of aliphatic hydroxyl groups excluding tert-OH is 1. The molecule has 0 aliphatic carbocycles. The molecule has 0 aromatic heterocycles. The molecule has 0 aliphatic rings. The van der Waals surface area contributed by atoms with Gasteiger partial charge in [0.05, 0.1) is 6.10 Å². The second-order valence-corrected chi connectivity index (χ2v) is 2.41. The predicted octanol–water partition coefficient (Wildman–Crippen LogP) is 1.26. The van der Waals surface area contributed by atoms with E-state index in [1.807, 2.05) is 20.8 Å². The summed E-state index contributed by atoms with van der Waals surface area (Å²) in [5.41, 5.74) is 0. The average molecular weight is 175 g/mol. The summed E-state index contributed by atoms with van der Waals surface area (Å²) in [5, 5.41) is 8.91. The Balaban J connectivity index is 0. The van der Waals surface area contributed by atoms with Crippen LogP contribution in [0.2, 0.25) is 0 Å². The van der Waals surface area contributed by atoms with Crippen molar-refractivity contribution in [2.75, 3.05) is 13.1 Å². The molecule has 1 atom stereocenters. The van der Waals surface area contributed by atoms with Crippen molar-refractivity contribution in [3.63, 3.8) is 0 Å². The van der Waals surface area contributed by atoms with Crippen molar-refractivity contribution < 1.29 is 9.90 Å². The molecule has 0 bridgehead atoms. The first kappa shape index (κ1) is 14.0. The highest BCUT2D eigenvalue weighted by Crippen LogP contribution is 1.91. The fourth-order valence-corrected chi connectivity index (χ4v) is 0.799. The molecule has 3 heteroatoms. The van der Waals surface area contributed by atoms with Crippen LogP contribution in [0.4, 0.5) is 0 Å². The number of rotatable bonds is 3.